The van der Waals surface area contributed by atoms with Crippen molar-refractivity contribution in [2.24, 2.45) is 0 Å². The van der Waals surface area contributed by atoms with Crippen LogP contribution in [-0.2, 0) is 0 Å². The number of carbonyl (C=O) groups excluding carboxylic acids is 1. The van der Waals surface area contributed by atoms with E-state index >= 15 is 0 Å². The molecule has 0 N–H and O–H groups in total. The Morgan fingerprint density at radius 2 is 1.55 bits per heavy atom. The lowest BCUT2D eigenvalue weighted by molar-refractivity contribution is 0.0734. The van der Waals surface area contributed by atoms with Crippen LogP contribution >= 0.6 is 0 Å². The minimum absolute atomic E-state index is 0.0242. The standard InChI is InChI=1S/C25H16N2O2/c1-15-10-11-22(16(2)12-15)29-25(28)21-9-5-8-20-23(17(13-26)14-27)18-6-3-4-7-19(18)24(20)21/h3-12H,1-2H3. The zero-order valence-corrected chi connectivity index (χ0v) is 16.0. The Labute approximate surface area is 168 Å². The molecule has 29 heavy (non-hydrogen) atoms. The number of fused-ring (bicyclic) bond motifs is 3. The van der Waals surface area contributed by atoms with Crippen LogP contribution in [0.15, 0.2) is 66.2 Å². The fourth-order valence-corrected chi connectivity index (χ4v) is 3.76. The number of hydrogen-bond acceptors (Lipinski definition) is 4. The van der Waals surface area contributed by atoms with Crippen molar-refractivity contribution in [1.29, 1.82) is 10.5 Å². The number of hydrogen-bond donors (Lipinski definition) is 0. The van der Waals surface area contributed by atoms with Crippen molar-refractivity contribution in [2.45, 2.75) is 13.8 Å². The molecular formula is C25H16N2O2. The first-order chi connectivity index (χ1) is 14.0. The van der Waals surface area contributed by atoms with E-state index in [2.05, 4.69) is 0 Å². The van der Waals surface area contributed by atoms with Crippen molar-refractivity contribution in [2.75, 3.05) is 0 Å². The molecule has 1 aliphatic carbocycles. The predicted octanol–water partition coefficient (Wildman–Crippen LogP) is 5.35. The number of nitriles is 2. The molecule has 0 bridgehead atoms. The number of nitrogens with zero attached hydrogens (tertiary/aromatic N) is 2. The summed E-state index contributed by atoms with van der Waals surface area (Å²) < 4.78 is 5.69. The monoisotopic (exact) mass is 376 g/mol. The van der Waals surface area contributed by atoms with E-state index < -0.39 is 5.97 Å². The van der Waals surface area contributed by atoms with Gasteiger partial charge < -0.3 is 4.74 Å². The molecular weight excluding hydrogens is 360 g/mol. The molecule has 0 amide bonds. The highest BCUT2D eigenvalue weighted by Crippen LogP contribution is 2.47. The van der Waals surface area contributed by atoms with Gasteiger partial charge in [0.15, 0.2) is 0 Å². The highest BCUT2D eigenvalue weighted by Gasteiger charge is 2.30. The molecule has 4 heteroatoms. The van der Waals surface area contributed by atoms with Crippen LogP contribution in [0.5, 0.6) is 5.75 Å². The lowest BCUT2D eigenvalue weighted by Gasteiger charge is -2.11. The number of ether oxygens (including phenoxy) is 1. The second-order valence-electron chi connectivity index (χ2n) is 6.91. The van der Waals surface area contributed by atoms with E-state index in [-0.39, 0.29) is 5.57 Å². The van der Waals surface area contributed by atoms with Crippen LogP contribution in [0.1, 0.15) is 32.6 Å². The van der Waals surface area contributed by atoms with Gasteiger partial charge in [0.05, 0.1) is 5.56 Å². The van der Waals surface area contributed by atoms with Crippen LogP contribution in [-0.4, -0.2) is 5.97 Å². The predicted molar refractivity (Wildman–Crippen MR) is 110 cm³/mol. The van der Waals surface area contributed by atoms with Gasteiger partial charge >= 0.3 is 5.97 Å². The molecule has 0 aromatic heterocycles. The summed E-state index contributed by atoms with van der Waals surface area (Å²) in [5, 5.41) is 18.9. The molecule has 0 fully saturated rings. The van der Waals surface area contributed by atoms with E-state index in [4.69, 9.17) is 4.74 Å². The zero-order chi connectivity index (χ0) is 20.5. The van der Waals surface area contributed by atoms with Crippen LogP contribution in [0.25, 0.3) is 16.7 Å². The van der Waals surface area contributed by atoms with Gasteiger partial charge in [0.25, 0.3) is 0 Å². The van der Waals surface area contributed by atoms with Crippen LogP contribution in [0.2, 0.25) is 0 Å². The molecule has 138 valence electrons. The number of allylic oxidation sites excluding steroid dienone is 1. The fraction of sp³-hybridized carbons (Fsp3) is 0.0800. The zero-order valence-electron chi connectivity index (χ0n) is 16.0. The van der Waals surface area contributed by atoms with Crippen molar-refractivity contribution >= 4 is 11.5 Å². The van der Waals surface area contributed by atoms with Gasteiger partial charge in [-0.25, -0.2) is 4.79 Å². The molecule has 1 aliphatic rings. The first kappa shape index (κ1) is 18.2. The third kappa shape index (κ3) is 2.98. The van der Waals surface area contributed by atoms with E-state index in [1.54, 1.807) is 18.2 Å². The number of esters is 1. The van der Waals surface area contributed by atoms with E-state index in [0.717, 1.165) is 22.3 Å². The number of aryl methyl sites for hydroxylation is 2. The average Bonchev–Trinajstić information content (AvgIpc) is 3.06. The molecule has 0 radical (unpaired) electrons. The van der Waals surface area contributed by atoms with E-state index in [9.17, 15) is 15.3 Å². The SMILES string of the molecule is Cc1ccc(OC(=O)c2cccc3c2-c2ccccc2C3=C(C#N)C#N)c(C)c1. The smallest absolute Gasteiger partial charge is 0.344 e. The molecule has 0 aliphatic heterocycles. The Kier molecular flexibility index (Phi) is 4.47. The van der Waals surface area contributed by atoms with Gasteiger partial charge in [-0.3, -0.25) is 0 Å². The molecule has 3 aromatic carbocycles. The van der Waals surface area contributed by atoms with Crippen LogP contribution < -0.4 is 4.74 Å². The quantitative estimate of drug-likeness (QED) is 0.268. The summed E-state index contributed by atoms with van der Waals surface area (Å²) in [6, 6.07) is 22.4. The van der Waals surface area contributed by atoms with Gasteiger partial charge in [-0.15, -0.1) is 0 Å². The van der Waals surface area contributed by atoms with Gasteiger partial charge in [-0.05, 0) is 48.2 Å². The summed E-state index contributed by atoms with van der Waals surface area (Å²) in [7, 11) is 0. The van der Waals surface area contributed by atoms with Gasteiger partial charge in [-0.2, -0.15) is 10.5 Å². The first-order valence-electron chi connectivity index (χ1n) is 9.12. The summed E-state index contributed by atoms with van der Waals surface area (Å²) >= 11 is 0. The Bertz CT molecular complexity index is 1270. The van der Waals surface area contributed by atoms with Crippen LogP contribution in [0.4, 0.5) is 0 Å². The lowest BCUT2D eigenvalue weighted by Crippen LogP contribution is -2.11. The van der Waals surface area contributed by atoms with E-state index in [1.165, 1.54) is 0 Å². The van der Waals surface area contributed by atoms with Crippen LogP contribution in [0.3, 0.4) is 0 Å². The topological polar surface area (TPSA) is 73.9 Å². The molecule has 0 unspecified atom stereocenters. The normalized spacial score (nSPS) is 11.1. The molecule has 0 saturated carbocycles. The molecule has 0 heterocycles. The Morgan fingerprint density at radius 1 is 0.862 bits per heavy atom. The van der Waals surface area contributed by atoms with Crippen molar-refractivity contribution in [3.63, 3.8) is 0 Å². The maximum atomic E-state index is 13.1. The summed E-state index contributed by atoms with van der Waals surface area (Å²) in [5.41, 5.74) is 5.92. The maximum absolute atomic E-state index is 13.1. The van der Waals surface area contributed by atoms with Gasteiger partial charge in [0.1, 0.15) is 23.5 Å². The van der Waals surface area contributed by atoms with Gasteiger partial charge in [0, 0.05) is 11.1 Å². The third-order valence-corrected chi connectivity index (χ3v) is 5.03. The molecule has 0 spiro atoms. The van der Waals surface area contributed by atoms with E-state index in [1.807, 2.05) is 68.5 Å². The summed E-state index contributed by atoms with van der Waals surface area (Å²) in [5.74, 6) is 0.0373. The van der Waals surface area contributed by atoms with Crippen molar-refractivity contribution in [3.8, 4) is 29.0 Å². The highest BCUT2D eigenvalue weighted by atomic mass is 16.5. The van der Waals surface area contributed by atoms with Crippen molar-refractivity contribution < 1.29 is 9.53 Å². The van der Waals surface area contributed by atoms with Gasteiger partial charge in [0.2, 0.25) is 0 Å². The summed E-state index contributed by atoms with van der Waals surface area (Å²) in [6.45, 7) is 3.88. The highest BCUT2D eigenvalue weighted by molar-refractivity contribution is 6.11. The van der Waals surface area contributed by atoms with Crippen LogP contribution in [0, 0.1) is 36.5 Å². The number of rotatable bonds is 2. The van der Waals surface area contributed by atoms with Crippen molar-refractivity contribution in [1.82, 2.24) is 0 Å². The Balaban J connectivity index is 1.89. The van der Waals surface area contributed by atoms with E-state index in [0.29, 0.717) is 28.0 Å². The fourth-order valence-electron chi connectivity index (χ4n) is 3.76. The second-order valence-corrected chi connectivity index (χ2v) is 6.91. The lowest BCUT2D eigenvalue weighted by atomic mass is 9.97. The largest absolute Gasteiger partial charge is 0.423 e. The second kappa shape index (κ2) is 7.11. The third-order valence-electron chi connectivity index (χ3n) is 5.03. The summed E-state index contributed by atoms with van der Waals surface area (Å²) in [4.78, 5) is 13.1. The maximum Gasteiger partial charge on any atom is 0.344 e. The first-order valence-corrected chi connectivity index (χ1v) is 9.12. The van der Waals surface area contributed by atoms with Crippen molar-refractivity contribution in [3.05, 3.63) is 94.1 Å². The molecule has 0 atom stereocenters. The van der Waals surface area contributed by atoms with Gasteiger partial charge in [-0.1, -0.05) is 54.1 Å². The number of benzene rings is 3. The number of carbonyl (C=O) groups is 1. The molecule has 4 nitrogen and oxygen atoms in total. The minimum atomic E-state index is -0.472. The minimum Gasteiger partial charge on any atom is -0.423 e. The average molecular weight is 376 g/mol. The Hall–Kier alpha value is -4.15. The Morgan fingerprint density at radius 3 is 2.24 bits per heavy atom. The molecule has 0 saturated heterocycles. The molecule has 4 rings (SSSR count). The molecule has 3 aromatic rings. The summed E-state index contributed by atoms with van der Waals surface area (Å²) in [6.07, 6.45) is 0.